The van der Waals surface area contributed by atoms with Gasteiger partial charge in [-0.1, -0.05) is 11.8 Å². The molecule has 0 aliphatic carbocycles. The van der Waals surface area contributed by atoms with Gasteiger partial charge in [0.2, 0.25) is 0 Å². The minimum atomic E-state index is -4.61. The molecular formula is C13H9F3NO3PS. The van der Waals surface area contributed by atoms with Crippen LogP contribution in [-0.2, 0) is 11.0 Å². The van der Waals surface area contributed by atoms with Crippen molar-refractivity contribution in [1.29, 1.82) is 0 Å². The molecule has 0 amide bonds. The molecule has 4 nitrogen and oxygen atoms in total. The van der Waals surface area contributed by atoms with Gasteiger partial charge in [0.15, 0.2) is 5.76 Å². The molecule has 22 heavy (non-hydrogen) atoms. The van der Waals surface area contributed by atoms with E-state index in [1.54, 1.807) is 0 Å². The van der Waals surface area contributed by atoms with Crippen molar-refractivity contribution in [2.75, 3.05) is 5.75 Å². The number of aromatic nitrogens is 1. The lowest BCUT2D eigenvalue weighted by molar-refractivity contribution is -0.138. The lowest BCUT2D eigenvalue weighted by Crippen LogP contribution is -2.12. The third kappa shape index (κ3) is 3.69. The molecule has 0 unspecified atom stereocenters. The highest BCUT2D eigenvalue weighted by Gasteiger charge is 2.35. The standard InChI is InChI=1S/C13H9F3NO3PS/c14-13(15,16)8-4-9(10-2-1-3-20-10)17-12(7(8)5-21)22-6-11(18)19/h1-5,21H,6H2,(H,18,19). The van der Waals surface area contributed by atoms with E-state index in [1.165, 1.54) is 18.4 Å². The lowest BCUT2D eigenvalue weighted by Gasteiger charge is -2.14. The number of pyridine rings is 1. The molecule has 0 spiro atoms. The molecule has 2 aromatic rings. The molecule has 0 atom stereocenters. The number of furan rings is 1. The van der Waals surface area contributed by atoms with E-state index in [0.717, 1.165) is 11.9 Å². The molecule has 0 aromatic carbocycles. The summed E-state index contributed by atoms with van der Waals surface area (Å²) in [6.07, 6.45) is -3.29. The van der Waals surface area contributed by atoms with Crippen LogP contribution in [0.15, 0.2) is 33.9 Å². The van der Waals surface area contributed by atoms with Crippen molar-refractivity contribution in [3.05, 3.63) is 35.6 Å². The Kier molecular flexibility index (Phi) is 4.93. The highest BCUT2D eigenvalue weighted by atomic mass is 32.2. The molecule has 0 saturated carbocycles. The average Bonchev–Trinajstić information content (AvgIpc) is 2.97. The summed E-state index contributed by atoms with van der Waals surface area (Å²) in [4.78, 5) is 14.7. The molecule has 0 radical (unpaired) electrons. The van der Waals surface area contributed by atoms with Crippen molar-refractivity contribution in [3.8, 4) is 11.5 Å². The number of carbonyl (C=O) groups is 1. The molecule has 2 aromatic heterocycles. The summed E-state index contributed by atoms with van der Waals surface area (Å²) in [7, 11) is 2.94. The fourth-order valence-corrected chi connectivity index (χ4v) is 2.84. The summed E-state index contributed by atoms with van der Waals surface area (Å²) in [5.41, 5.74) is -1.15. The number of hydrogen-bond donors (Lipinski definition) is 1. The zero-order chi connectivity index (χ0) is 16.3. The van der Waals surface area contributed by atoms with E-state index in [1.807, 2.05) is 0 Å². The average molecular weight is 347 g/mol. The third-order valence-corrected chi connectivity index (χ3v) is 3.84. The number of hydrogen-bond acceptors (Lipinski definition) is 4. The van der Waals surface area contributed by atoms with Crippen molar-refractivity contribution in [2.45, 2.75) is 11.2 Å². The van der Waals surface area contributed by atoms with Gasteiger partial charge >= 0.3 is 12.1 Å². The molecule has 1 N–H and O–H groups in total. The van der Waals surface area contributed by atoms with Crippen LogP contribution in [0.5, 0.6) is 0 Å². The van der Waals surface area contributed by atoms with Gasteiger partial charge in [-0.15, -0.1) is 8.86 Å². The zero-order valence-corrected chi connectivity index (χ0v) is 12.7. The maximum Gasteiger partial charge on any atom is 0.417 e. The summed E-state index contributed by atoms with van der Waals surface area (Å²) < 4.78 is 44.7. The smallest absolute Gasteiger partial charge is 0.417 e. The Bertz CT molecular complexity index is 701. The summed E-state index contributed by atoms with van der Waals surface area (Å²) in [5, 5.41) is 8.67. The molecule has 0 saturated heterocycles. The fraction of sp³-hybridized carbons (Fsp3) is 0.154. The summed E-state index contributed by atoms with van der Waals surface area (Å²) >= 11 is 0.707. The van der Waals surface area contributed by atoms with E-state index in [-0.39, 0.29) is 22.0 Å². The highest BCUT2D eigenvalue weighted by molar-refractivity contribution is 8.00. The molecule has 0 fully saturated rings. The van der Waals surface area contributed by atoms with Gasteiger partial charge in [-0.25, -0.2) is 4.98 Å². The number of nitrogens with zero attached hydrogens (tertiary/aromatic N) is 1. The molecule has 2 rings (SSSR count). The Hall–Kier alpha value is -1.79. The van der Waals surface area contributed by atoms with Gasteiger partial charge in [-0.2, -0.15) is 13.2 Å². The van der Waals surface area contributed by atoms with Crippen molar-refractivity contribution in [2.24, 2.45) is 0 Å². The van der Waals surface area contributed by atoms with Crippen LogP contribution in [0.2, 0.25) is 0 Å². The maximum atomic E-state index is 13.2. The van der Waals surface area contributed by atoms with Crippen LogP contribution in [0.25, 0.3) is 11.5 Å². The second kappa shape index (κ2) is 6.54. The number of thioether (sulfide) groups is 1. The number of carboxylic acids is 1. The minimum absolute atomic E-state index is 0.0116. The first-order valence-electron chi connectivity index (χ1n) is 5.84. The molecule has 2 heterocycles. The maximum absolute atomic E-state index is 13.2. The topological polar surface area (TPSA) is 63.3 Å². The zero-order valence-electron chi connectivity index (χ0n) is 10.8. The van der Waals surface area contributed by atoms with Gasteiger partial charge in [0.05, 0.1) is 17.6 Å². The van der Waals surface area contributed by atoms with E-state index in [4.69, 9.17) is 9.52 Å². The number of rotatable bonds is 5. The van der Waals surface area contributed by atoms with E-state index in [0.29, 0.717) is 11.8 Å². The molecule has 9 heteroatoms. The van der Waals surface area contributed by atoms with Crippen molar-refractivity contribution >= 4 is 32.4 Å². The van der Waals surface area contributed by atoms with Crippen molar-refractivity contribution < 1.29 is 27.5 Å². The van der Waals surface area contributed by atoms with Crippen LogP contribution >= 0.6 is 20.6 Å². The van der Waals surface area contributed by atoms with Gasteiger partial charge < -0.3 is 9.52 Å². The lowest BCUT2D eigenvalue weighted by atomic mass is 10.1. The van der Waals surface area contributed by atoms with Gasteiger partial charge in [0, 0.05) is 5.56 Å². The quantitative estimate of drug-likeness (QED) is 0.658. The summed E-state index contributed by atoms with van der Waals surface area (Å²) in [6, 6.07) is 3.87. The molecular weight excluding hydrogens is 338 g/mol. The first-order valence-corrected chi connectivity index (χ1v) is 7.40. The van der Waals surface area contributed by atoms with Gasteiger partial charge in [0.25, 0.3) is 0 Å². The van der Waals surface area contributed by atoms with Gasteiger partial charge in [-0.05, 0) is 24.0 Å². The van der Waals surface area contributed by atoms with Crippen molar-refractivity contribution in [1.82, 2.24) is 4.98 Å². The molecule has 0 aliphatic rings. The van der Waals surface area contributed by atoms with Crippen LogP contribution in [0.3, 0.4) is 0 Å². The largest absolute Gasteiger partial charge is 0.481 e. The van der Waals surface area contributed by atoms with Gasteiger partial charge in [-0.3, -0.25) is 4.79 Å². The van der Waals surface area contributed by atoms with E-state index < -0.39 is 23.5 Å². The number of alkyl halides is 3. The second-order valence-electron chi connectivity index (χ2n) is 4.08. The second-order valence-corrected chi connectivity index (χ2v) is 5.33. The number of aliphatic carboxylic acids is 1. The Morgan fingerprint density at radius 2 is 2.23 bits per heavy atom. The van der Waals surface area contributed by atoms with Crippen LogP contribution < -0.4 is 0 Å². The summed E-state index contributed by atoms with van der Waals surface area (Å²) in [6.45, 7) is 0. The van der Waals surface area contributed by atoms with Crippen LogP contribution in [0.1, 0.15) is 11.1 Å². The molecule has 116 valence electrons. The Morgan fingerprint density at radius 3 is 2.73 bits per heavy atom. The van der Waals surface area contributed by atoms with E-state index >= 15 is 0 Å². The highest BCUT2D eigenvalue weighted by Crippen LogP contribution is 2.37. The number of halogens is 3. The van der Waals surface area contributed by atoms with Gasteiger partial charge in [0.1, 0.15) is 10.7 Å². The minimum Gasteiger partial charge on any atom is -0.481 e. The van der Waals surface area contributed by atoms with E-state index in [2.05, 4.69) is 13.8 Å². The Labute approximate surface area is 129 Å². The number of carboxylic acid groups (broad SMARTS) is 1. The predicted octanol–water partition coefficient (Wildman–Crippen LogP) is 3.83. The normalized spacial score (nSPS) is 11.4. The van der Waals surface area contributed by atoms with Crippen LogP contribution in [0, 0.1) is 0 Å². The third-order valence-electron chi connectivity index (χ3n) is 2.58. The van der Waals surface area contributed by atoms with Crippen molar-refractivity contribution in [3.63, 3.8) is 0 Å². The fourth-order valence-electron chi connectivity index (χ4n) is 1.70. The summed E-state index contributed by atoms with van der Waals surface area (Å²) in [5.74, 6) is -0.308. The SMILES string of the molecule is O=C(O)CSc1nc(-c2ccco2)cc(C(F)(F)F)c1C=P. The molecule has 0 aliphatic heterocycles. The first-order chi connectivity index (χ1) is 10.3. The van der Waals surface area contributed by atoms with Crippen LogP contribution in [0.4, 0.5) is 13.2 Å². The first kappa shape index (κ1) is 16.6. The van der Waals surface area contributed by atoms with E-state index in [9.17, 15) is 18.0 Å². The predicted molar refractivity (Wildman–Crippen MR) is 78.8 cm³/mol. The van der Waals surface area contributed by atoms with Crippen LogP contribution in [-0.4, -0.2) is 27.6 Å². The Balaban J connectivity index is 2.61. The molecule has 0 bridgehead atoms. The monoisotopic (exact) mass is 347 g/mol. The Morgan fingerprint density at radius 1 is 1.50 bits per heavy atom.